The maximum absolute atomic E-state index is 12.7. The Hall–Kier alpha value is -2.62. The second-order valence-electron chi connectivity index (χ2n) is 7.08. The van der Waals surface area contributed by atoms with E-state index in [1.807, 2.05) is 86.9 Å². The fraction of sp³-hybridized carbons (Fsp3) is 0.300. The number of amides is 1. The monoisotopic (exact) mass is 321 g/mol. The van der Waals surface area contributed by atoms with E-state index in [9.17, 15) is 4.79 Å². The summed E-state index contributed by atoms with van der Waals surface area (Å²) >= 11 is 0. The Morgan fingerprint density at radius 3 is 2.33 bits per heavy atom. The number of aromatic nitrogens is 2. The Labute approximate surface area is 142 Å². The molecule has 0 bridgehead atoms. The van der Waals surface area contributed by atoms with Gasteiger partial charge in [-0.3, -0.25) is 4.79 Å². The number of nitrogens with zero attached hydrogens (tertiary/aromatic N) is 2. The van der Waals surface area contributed by atoms with Crippen LogP contribution in [-0.4, -0.2) is 21.0 Å². The number of carbonyl (C=O) groups excluding carboxylic acids is 1. The molecule has 2 aromatic carbocycles. The van der Waals surface area contributed by atoms with Gasteiger partial charge in [0, 0.05) is 11.1 Å². The molecule has 1 unspecified atom stereocenters. The first-order valence-electron chi connectivity index (χ1n) is 8.21. The Bertz CT molecular complexity index is 859. The van der Waals surface area contributed by atoms with Gasteiger partial charge in [-0.05, 0) is 39.8 Å². The highest BCUT2D eigenvalue weighted by Crippen LogP contribution is 2.28. The minimum atomic E-state index is -0.355. The SMILES string of the molecule is CC(C(=O)NC(C)(C)C)n1c(-c2ccccc2)nc2ccccc21. The lowest BCUT2D eigenvalue weighted by molar-refractivity contribution is -0.125. The van der Waals surface area contributed by atoms with Crippen LogP contribution in [0, 0.1) is 0 Å². The molecule has 1 aromatic heterocycles. The lowest BCUT2D eigenvalue weighted by Gasteiger charge is -2.25. The third kappa shape index (κ3) is 3.18. The van der Waals surface area contributed by atoms with Crippen molar-refractivity contribution in [2.75, 3.05) is 0 Å². The minimum absolute atomic E-state index is 0.0113. The summed E-state index contributed by atoms with van der Waals surface area (Å²) in [5, 5.41) is 3.06. The molecule has 1 N–H and O–H groups in total. The first kappa shape index (κ1) is 16.2. The van der Waals surface area contributed by atoms with E-state index in [4.69, 9.17) is 4.98 Å². The quantitative estimate of drug-likeness (QED) is 0.786. The molecular weight excluding hydrogens is 298 g/mol. The van der Waals surface area contributed by atoms with Gasteiger partial charge in [-0.2, -0.15) is 0 Å². The molecule has 0 aliphatic heterocycles. The second-order valence-corrected chi connectivity index (χ2v) is 7.08. The number of rotatable bonds is 3. The van der Waals surface area contributed by atoms with E-state index < -0.39 is 0 Å². The molecule has 24 heavy (non-hydrogen) atoms. The molecule has 0 spiro atoms. The summed E-state index contributed by atoms with van der Waals surface area (Å²) < 4.78 is 2.02. The van der Waals surface area contributed by atoms with Crippen LogP contribution in [0.1, 0.15) is 33.7 Å². The van der Waals surface area contributed by atoms with Gasteiger partial charge < -0.3 is 9.88 Å². The van der Waals surface area contributed by atoms with Crippen molar-refractivity contribution < 1.29 is 4.79 Å². The van der Waals surface area contributed by atoms with Crippen molar-refractivity contribution in [1.29, 1.82) is 0 Å². The Kier molecular flexibility index (Phi) is 4.14. The molecule has 3 rings (SSSR count). The fourth-order valence-electron chi connectivity index (χ4n) is 2.82. The molecule has 1 atom stereocenters. The first-order chi connectivity index (χ1) is 11.4. The molecular formula is C20H23N3O. The van der Waals surface area contributed by atoms with Crippen molar-refractivity contribution >= 4 is 16.9 Å². The summed E-state index contributed by atoms with van der Waals surface area (Å²) in [6.45, 7) is 7.88. The standard InChI is InChI=1S/C20H23N3O/c1-14(19(24)22-20(2,3)4)23-17-13-9-8-12-16(17)21-18(23)15-10-6-5-7-11-15/h5-14H,1-4H3,(H,22,24). The molecule has 1 heterocycles. The first-order valence-corrected chi connectivity index (χ1v) is 8.21. The van der Waals surface area contributed by atoms with Crippen LogP contribution in [0.15, 0.2) is 54.6 Å². The lowest BCUT2D eigenvalue weighted by Crippen LogP contribution is -2.43. The molecule has 4 heteroatoms. The summed E-state index contributed by atoms with van der Waals surface area (Å²) in [5.41, 5.74) is 2.60. The number of para-hydroxylation sites is 2. The normalized spacial score (nSPS) is 13.0. The lowest BCUT2D eigenvalue weighted by atomic mass is 10.1. The summed E-state index contributed by atoms with van der Waals surface area (Å²) in [5.74, 6) is 0.802. The number of hydrogen-bond donors (Lipinski definition) is 1. The molecule has 0 fully saturated rings. The Morgan fingerprint density at radius 1 is 1.04 bits per heavy atom. The zero-order chi connectivity index (χ0) is 17.3. The molecule has 0 radical (unpaired) electrons. The molecule has 0 saturated carbocycles. The van der Waals surface area contributed by atoms with E-state index in [1.165, 1.54) is 0 Å². The van der Waals surface area contributed by atoms with Crippen LogP contribution in [0.2, 0.25) is 0 Å². The maximum atomic E-state index is 12.7. The summed E-state index contributed by atoms with van der Waals surface area (Å²) in [6, 6.07) is 17.6. The van der Waals surface area contributed by atoms with Crippen LogP contribution < -0.4 is 5.32 Å². The average Bonchev–Trinajstić information content (AvgIpc) is 2.92. The molecule has 0 saturated heterocycles. The molecule has 0 aliphatic carbocycles. The smallest absolute Gasteiger partial charge is 0.243 e. The maximum Gasteiger partial charge on any atom is 0.243 e. The molecule has 4 nitrogen and oxygen atoms in total. The number of imidazole rings is 1. The van der Waals surface area contributed by atoms with Gasteiger partial charge in [0.25, 0.3) is 0 Å². The van der Waals surface area contributed by atoms with E-state index in [1.54, 1.807) is 0 Å². The number of benzene rings is 2. The highest BCUT2D eigenvalue weighted by atomic mass is 16.2. The predicted molar refractivity (Wildman–Crippen MR) is 97.8 cm³/mol. The number of carbonyl (C=O) groups is 1. The zero-order valence-corrected chi connectivity index (χ0v) is 14.6. The van der Waals surface area contributed by atoms with Gasteiger partial charge in [0.1, 0.15) is 11.9 Å². The van der Waals surface area contributed by atoms with Gasteiger partial charge in [-0.1, -0.05) is 42.5 Å². The molecule has 0 aliphatic rings. The summed E-state index contributed by atoms with van der Waals surface area (Å²) in [6.07, 6.45) is 0. The minimum Gasteiger partial charge on any atom is -0.350 e. The van der Waals surface area contributed by atoms with E-state index in [2.05, 4.69) is 5.32 Å². The molecule has 124 valence electrons. The van der Waals surface area contributed by atoms with Gasteiger partial charge in [-0.15, -0.1) is 0 Å². The van der Waals surface area contributed by atoms with Gasteiger partial charge in [0.15, 0.2) is 0 Å². The van der Waals surface area contributed by atoms with Crippen molar-refractivity contribution in [3.8, 4) is 11.4 Å². The second kappa shape index (κ2) is 6.11. The number of hydrogen-bond acceptors (Lipinski definition) is 2. The van der Waals surface area contributed by atoms with Crippen LogP contribution in [-0.2, 0) is 4.79 Å². The van der Waals surface area contributed by atoms with Crippen molar-refractivity contribution in [3.63, 3.8) is 0 Å². The zero-order valence-electron chi connectivity index (χ0n) is 14.6. The molecule has 3 aromatic rings. The molecule has 1 amide bonds. The summed E-state index contributed by atoms with van der Waals surface area (Å²) in [7, 11) is 0. The van der Waals surface area contributed by atoms with E-state index in [0.717, 1.165) is 22.4 Å². The van der Waals surface area contributed by atoms with Gasteiger partial charge in [-0.25, -0.2) is 4.98 Å². The summed E-state index contributed by atoms with van der Waals surface area (Å²) in [4.78, 5) is 17.5. The Balaban J connectivity index is 2.13. The Morgan fingerprint density at radius 2 is 1.67 bits per heavy atom. The van der Waals surface area contributed by atoms with Crippen LogP contribution >= 0.6 is 0 Å². The number of fused-ring (bicyclic) bond motifs is 1. The van der Waals surface area contributed by atoms with Crippen LogP contribution in [0.25, 0.3) is 22.4 Å². The van der Waals surface area contributed by atoms with Crippen molar-refractivity contribution in [2.24, 2.45) is 0 Å². The van der Waals surface area contributed by atoms with Crippen LogP contribution in [0.5, 0.6) is 0 Å². The topological polar surface area (TPSA) is 46.9 Å². The van der Waals surface area contributed by atoms with Gasteiger partial charge >= 0.3 is 0 Å². The van der Waals surface area contributed by atoms with Crippen molar-refractivity contribution in [2.45, 2.75) is 39.3 Å². The van der Waals surface area contributed by atoms with Crippen LogP contribution in [0.4, 0.5) is 0 Å². The third-order valence-corrected chi connectivity index (χ3v) is 3.89. The van der Waals surface area contributed by atoms with Gasteiger partial charge in [0.05, 0.1) is 11.0 Å². The highest BCUT2D eigenvalue weighted by Gasteiger charge is 2.25. The predicted octanol–water partition coefficient (Wildman–Crippen LogP) is 4.18. The fourth-order valence-corrected chi connectivity index (χ4v) is 2.82. The largest absolute Gasteiger partial charge is 0.350 e. The number of nitrogens with one attached hydrogen (secondary N) is 1. The van der Waals surface area contributed by atoms with E-state index in [-0.39, 0.29) is 17.5 Å². The van der Waals surface area contributed by atoms with Crippen molar-refractivity contribution in [1.82, 2.24) is 14.9 Å². The average molecular weight is 321 g/mol. The van der Waals surface area contributed by atoms with Crippen molar-refractivity contribution in [3.05, 3.63) is 54.6 Å². The van der Waals surface area contributed by atoms with Gasteiger partial charge in [0.2, 0.25) is 5.91 Å². The third-order valence-electron chi connectivity index (χ3n) is 3.89. The highest BCUT2D eigenvalue weighted by molar-refractivity contribution is 5.87. The van der Waals surface area contributed by atoms with Crippen LogP contribution in [0.3, 0.4) is 0 Å². The van der Waals surface area contributed by atoms with E-state index in [0.29, 0.717) is 0 Å². The van der Waals surface area contributed by atoms with E-state index >= 15 is 0 Å².